The molecule has 1 fully saturated rings. The maximum absolute atomic E-state index is 13.0. The number of methoxy groups -OCH3 is 1. The van der Waals surface area contributed by atoms with Crippen molar-refractivity contribution in [3.63, 3.8) is 0 Å². The van der Waals surface area contributed by atoms with Gasteiger partial charge in [0.2, 0.25) is 26.0 Å². The zero-order chi connectivity index (χ0) is 25.3. The standard InChI is InChI=1S/C23H31N3O6S2/c1-16-12-17(2)23(18(3)13-16)26(33(5,28)29)15-22(27)24-20-14-19(8-9-21(20)32-4)34(30,31)25-10-6-7-11-25/h8-9,12-14H,6-7,10-11,15H2,1-5H3,(H,24,27). The molecular weight excluding hydrogens is 478 g/mol. The van der Waals surface area contributed by atoms with Crippen LogP contribution in [0.3, 0.4) is 0 Å². The molecule has 0 unspecified atom stereocenters. The van der Waals surface area contributed by atoms with Crippen LogP contribution in [0.15, 0.2) is 35.2 Å². The number of nitrogens with one attached hydrogen (secondary N) is 1. The maximum atomic E-state index is 13.0. The van der Waals surface area contributed by atoms with Gasteiger partial charge in [0.05, 0.1) is 29.6 Å². The van der Waals surface area contributed by atoms with Crippen LogP contribution in [0.5, 0.6) is 5.75 Å². The van der Waals surface area contributed by atoms with E-state index in [1.54, 1.807) is 13.8 Å². The maximum Gasteiger partial charge on any atom is 0.245 e. The summed E-state index contributed by atoms with van der Waals surface area (Å²) in [5.74, 6) is -0.360. The monoisotopic (exact) mass is 509 g/mol. The quantitative estimate of drug-likeness (QED) is 0.586. The van der Waals surface area contributed by atoms with Crippen molar-refractivity contribution in [2.45, 2.75) is 38.5 Å². The zero-order valence-electron chi connectivity index (χ0n) is 20.1. The van der Waals surface area contributed by atoms with E-state index in [0.717, 1.165) is 40.1 Å². The van der Waals surface area contributed by atoms with E-state index in [-0.39, 0.29) is 16.3 Å². The number of amides is 1. The third-order valence-electron chi connectivity index (χ3n) is 5.72. The number of sulfonamides is 2. The highest BCUT2D eigenvalue weighted by Gasteiger charge is 2.29. The predicted octanol–water partition coefficient (Wildman–Crippen LogP) is 2.81. The lowest BCUT2D eigenvalue weighted by atomic mass is 10.1. The summed E-state index contributed by atoms with van der Waals surface area (Å²) in [4.78, 5) is 13.0. The van der Waals surface area contributed by atoms with Gasteiger partial charge in [0, 0.05) is 13.1 Å². The number of ether oxygens (including phenoxy) is 1. The Kier molecular flexibility index (Phi) is 7.59. The smallest absolute Gasteiger partial charge is 0.245 e. The van der Waals surface area contributed by atoms with E-state index in [1.807, 2.05) is 19.1 Å². The number of rotatable bonds is 8. The van der Waals surface area contributed by atoms with Crippen LogP contribution in [0, 0.1) is 20.8 Å². The SMILES string of the molecule is COc1ccc(S(=O)(=O)N2CCCC2)cc1NC(=O)CN(c1c(C)cc(C)cc1C)S(C)(=O)=O. The first-order valence-corrected chi connectivity index (χ1v) is 14.2. The van der Waals surface area contributed by atoms with E-state index < -0.39 is 32.5 Å². The van der Waals surface area contributed by atoms with Crippen molar-refractivity contribution in [1.82, 2.24) is 4.31 Å². The summed E-state index contributed by atoms with van der Waals surface area (Å²) >= 11 is 0. The molecule has 1 amide bonds. The Morgan fingerprint density at radius 2 is 1.62 bits per heavy atom. The fraction of sp³-hybridized carbons (Fsp3) is 0.435. The van der Waals surface area contributed by atoms with Crippen LogP contribution in [-0.2, 0) is 24.8 Å². The minimum atomic E-state index is -3.78. The highest BCUT2D eigenvalue weighted by Crippen LogP contribution is 2.31. The molecule has 34 heavy (non-hydrogen) atoms. The zero-order valence-corrected chi connectivity index (χ0v) is 21.7. The second kappa shape index (κ2) is 9.93. The van der Waals surface area contributed by atoms with Crippen LogP contribution < -0.4 is 14.4 Å². The molecule has 0 aliphatic carbocycles. The molecule has 0 aromatic heterocycles. The summed E-state index contributed by atoms with van der Waals surface area (Å²) in [7, 11) is -6.08. The topological polar surface area (TPSA) is 113 Å². The molecule has 1 aliphatic heterocycles. The van der Waals surface area contributed by atoms with Crippen LogP contribution in [0.4, 0.5) is 11.4 Å². The number of hydrogen-bond donors (Lipinski definition) is 1. The molecule has 0 saturated carbocycles. The van der Waals surface area contributed by atoms with E-state index >= 15 is 0 Å². The Morgan fingerprint density at radius 3 is 2.15 bits per heavy atom. The summed E-state index contributed by atoms with van der Waals surface area (Å²) < 4.78 is 58.9. The highest BCUT2D eigenvalue weighted by atomic mass is 32.2. The summed E-state index contributed by atoms with van der Waals surface area (Å²) in [5, 5.41) is 2.63. The molecule has 1 saturated heterocycles. The number of nitrogens with zero attached hydrogens (tertiary/aromatic N) is 2. The van der Waals surface area contributed by atoms with Crippen LogP contribution in [-0.4, -0.2) is 60.0 Å². The third kappa shape index (κ3) is 5.53. The molecule has 0 radical (unpaired) electrons. The minimum Gasteiger partial charge on any atom is -0.495 e. The number of anilines is 2. The van der Waals surface area contributed by atoms with Crippen LogP contribution in [0.1, 0.15) is 29.5 Å². The van der Waals surface area contributed by atoms with Crippen LogP contribution >= 0.6 is 0 Å². The molecule has 1 heterocycles. The van der Waals surface area contributed by atoms with E-state index in [0.29, 0.717) is 18.8 Å². The van der Waals surface area contributed by atoms with Gasteiger partial charge in [0.25, 0.3) is 0 Å². The van der Waals surface area contributed by atoms with Gasteiger partial charge in [-0.3, -0.25) is 9.10 Å². The highest BCUT2D eigenvalue weighted by molar-refractivity contribution is 7.92. The van der Waals surface area contributed by atoms with Crippen molar-refractivity contribution in [3.8, 4) is 5.75 Å². The number of benzene rings is 2. The first-order valence-electron chi connectivity index (χ1n) is 10.9. The molecule has 1 aliphatic rings. The lowest BCUT2D eigenvalue weighted by Crippen LogP contribution is -2.38. The van der Waals surface area contributed by atoms with E-state index in [4.69, 9.17) is 4.74 Å². The van der Waals surface area contributed by atoms with Gasteiger partial charge in [-0.1, -0.05) is 17.7 Å². The summed E-state index contributed by atoms with van der Waals surface area (Å²) in [6.07, 6.45) is 2.65. The number of hydrogen-bond acceptors (Lipinski definition) is 6. The number of carbonyl (C=O) groups is 1. The van der Waals surface area contributed by atoms with Gasteiger partial charge in [-0.2, -0.15) is 4.31 Å². The van der Waals surface area contributed by atoms with Crippen molar-refractivity contribution in [2.75, 3.05) is 42.6 Å². The van der Waals surface area contributed by atoms with Crippen LogP contribution in [0.2, 0.25) is 0 Å². The van der Waals surface area contributed by atoms with E-state index in [1.165, 1.54) is 29.6 Å². The van der Waals surface area contributed by atoms with Gasteiger partial charge in [0.1, 0.15) is 12.3 Å². The van der Waals surface area contributed by atoms with Gasteiger partial charge in [0.15, 0.2) is 0 Å². The van der Waals surface area contributed by atoms with Gasteiger partial charge >= 0.3 is 0 Å². The normalized spacial score (nSPS) is 14.7. The predicted molar refractivity (Wildman–Crippen MR) is 132 cm³/mol. The molecule has 3 rings (SSSR count). The Bertz CT molecular complexity index is 1280. The average Bonchev–Trinajstić information content (AvgIpc) is 3.27. The summed E-state index contributed by atoms with van der Waals surface area (Å²) in [6, 6.07) is 7.96. The van der Waals surface area contributed by atoms with Gasteiger partial charge in [-0.25, -0.2) is 16.8 Å². The Morgan fingerprint density at radius 1 is 1.03 bits per heavy atom. The lowest BCUT2D eigenvalue weighted by molar-refractivity contribution is -0.114. The Labute approximate surface area is 201 Å². The fourth-order valence-corrected chi connectivity index (χ4v) is 6.79. The van der Waals surface area contributed by atoms with Crippen molar-refractivity contribution in [1.29, 1.82) is 0 Å². The van der Waals surface area contributed by atoms with Crippen molar-refractivity contribution >= 4 is 37.3 Å². The molecule has 0 atom stereocenters. The number of carbonyl (C=O) groups excluding carboxylic acids is 1. The second-order valence-corrected chi connectivity index (χ2v) is 12.4. The third-order valence-corrected chi connectivity index (χ3v) is 8.73. The van der Waals surface area contributed by atoms with Gasteiger partial charge in [-0.15, -0.1) is 0 Å². The minimum absolute atomic E-state index is 0.0377. The Hall–Kier alpha value is -2.63. The largest absolute Gasteiger partial charge is 0.495 e. The van der Waals surface area contributed by atoms with Crippen molar-refractivity contribution in [3.05, 3.63) is 47.0 Å². The Balaban J connectivity index is 1.92. The van der Waals surface area contributed by atoms with Crippen molar-refractivity contribution in [2.24, 2.45) is 0 Å². The first kappa shape index (κ1) is 26.0. The summed E-state index contributed by atoms with van der Waals surface area (Å²) in [6.45, 7) is 5.93. The molecule has 2 aromatic carbocycles. The van der Waals surface area contributed by atoms with Gasteiger partial charge < -0.3 is 10.1 Å². The van der Waals surface area contributed by atoms with Crippen molar-refractivity contribution < 1.29 is 26.4 Å². The van der Waals surface area contributed by atoms with E-state index in [2.05, 4.69) is 5.32 Å². The lowest BCUT2D eigenvalue weighted by Gasteiger charge is -2.26. The first-order chi connectivity index (χ1) is 15.8. The molecule has 0 spiro atoms. The molecule has 2 aromatic rings. The molecule has 1 N–H and O–H groups in total. The van der Waals surface area contributed by atoms with Gasteiger partial charge in [-0.05, 0) is 62.9 Å². The average molecular weight is 510 g/mol. The molecular formula is C23H31N3O6S2. The van der Waals surface area contributed by atoms with Crippen LogP contribution in [0.25, 0.3) is 0 Å². The second-order valence-electron chi connectivity index (χ2n) is 8.54. The summed E-state index contributed by atoms with van der Waals surface area (Å²) in [5.41, 5.74) is 3.04. The molecule has 9 nitrogen and oxygen atoms in total. The fourth-order valence-electron chi connectivity index (χ4n) is 4.27. The molecule has 11 heteroatoms. The molecule has 0 bridgehead atoms. The van der Waals surface area contributed by atoms with E-state index in [9.17, 15) is 21.6 Å². The number of aryl methyl sites for hydroxylation is 3. The molecule has 186 valence electrons.